The lowest BCUT2D eigenvalue weighted by atomic mass is 10.1. The summed E-state index contributed by atoms with van der Waals surface area (Å²) in [4.78, 5) is 14.1. The number of nitrogens with two attached hydrogens (primary N) is 1. The molecule has 1 atom stereocenters. The minimum absolute atomic E-state index is 0.101. The molecule has 0 saturated heterocycles. The molecule has 0 bridgehead atoms. The molecule has 0 fully saturated rings. The van der Waals surface area contributed by atoms with Crippen LogP contribution >= 0.6 is 0 Å². The van der Waals surface area contributed by atoms with Crippen molar-refractivity contribution >= 4 is 11.5 Å². The fourth-order valence-corrected chi connectivity index (χ4v) is 1.49. The van der Waals surface area contributed by atoms with Gasteiger partial charge in [0, 0.05) is 24.3 Å². The molecule has 1 unspecified atom stereocenters. The number of nitrogens with zero attached hydrogens (tertiary/aromatic N) is 1. The quantitative estimate of drug-likeness (QED) is 0.570. The number of ketones is 1. The summed E-state index contributed by atoms with van der Waals surface area (Å²) >= 11 is 0. The Morgan fingerprint density at radius 2 is 1.94 bits per heavy atom. The van der Waals surface area contributed by atoms with Crippen molar-refractivity contribution in [3.05, 3.63) is 29.8 Å². The van der Waals surface area contributed by atoms with Gasteiger partial charge in [-0.3, -0.25) is 4.79 Å². The Bertz CT molecular complexity index is 359. The van der Waals surface area contributed by atoms with Crippen LogP contribution in [0.25, 0.3) is 0 Å². The summed E-state index contributed by atoms with van der Waals surface area (Å²) in [5.74, 6) is 0.101. The maximum Gasteiger partial charge on any atom is 0.179 e. The molecule has 1 aromatic rings. The first-order valence-corrected chi connectivity index (χ1v) is 5.78. The zero-order chi connectivity index (χ0) is 12.8. The molecule has 4 nitrogen and oxygen atoms in total. The van der Waals surface area contributed by atoms with Crippen LogP contribution < -0.4 is 11.1 Å². The van der Waals surface area contributed by atoms with E-state index < -0.39 is 0 Å². The molecule has 0 aromatic heterocycles. The Labute approximate surface area is 103 Å². The molecule has 1 aromatic carbocycles. The highest BCUT2D eigenvalue weighted by molar-refractivity contribution is 6.00. The molecule has 94 valence electrons. The first-order valence-electron chi connectivity index (χ1n) is 5.78. The van der Waals surface area contributed by atoms with E-state index in [0.29, 0.717) is 11.3 Å². The largest absolute Gasteiger partial charge is 0.399 e. The van der Waals surface area contributed by atoms with Gasteiger partial charge < -0.3 is 16.0 Å². The van der Waals surface area contributed by atoms with E-state index in [-0.39, 0.29) is 11.8 Å². The van der Waals surface area contributed by atoms with Gasteiger partial charge in [-0.2, -0.15) is 0 Å². The summed E-state index contributed by atoms with van der Waals surface area (Å²) in [5, 5.41) is 3.20. The average Bonchev–Trinajstić information content (AvgIpc) is 2.28. The van der Waals surface area contributed by atoms with Crippen molar-refractivity contribution in [1.82, 2.24) is 10.2 Å². The van der Waals surface area contributed by atoms with Crippen LogP contribution in [-0.4, -0.2) is 43.9 Å². The van der Waals surface area contributed by atoms with Crippen molar-refractivity contribution < 1.29 is 4.79 Å². The molecule has 17 heavy (non-hydrogen) atoms. The van der Waals surface area contributed by atoms with Crippen LogP contribution in [0.15, 0.2) is 24.3 Å². The zero-order valence-corrected chi connectivity index (χ0v) is 10.7. The van der Waals surface area contributed by atoms with Gasteiger partial charge in [-0.15, -0.1) is 0 Å². The first-order chi connectivity index (χ1) is 8.00. The van der Waals surface area contributed by atoms with E-state index in [1.165, 1.54) is 0 Å². The lowest BCUT2D eigenvalue weighted by Crippen LogP contribution is -2.38. The minimum atomic E-state index is -0.168. The predicted molar refractivity (Wildman–Crippen MR) is 71.2 cm³/mol. The Balaban J connectivity index is 2.49. The lowest BCUT2D eigenvalue weighted by Gasteiger charge is -2.15. The van der Waals surface area contributed by atoms with Crippen LogP contribution in [0.4, 0.5) is 5.69 Å². The summed E-state index contributed by atoms with van der Waals surface area (Å²) < 4.78 is 0. The van der Waals surface area contributed by atoms with Crippen molar-refractivity contribution in [3.8, 4) is 0 Å². The maximum absolute atomic E-state index is 12.0. The number of carbonyl (C=O) groups is 1. The fraction of sp³-hybridized carbons (Fsp3) is 0.462. The standard InChI is InChI=1S/C13H21N3O/c1-10(15-8-9-16(2)3)13(17)11-4-6-12(14)7-5-11/h4-7,10,15H,8-9,14H2,1-3H3. The lowest BCUT2D eigenvalue weighted by molar-refractivity contribution is 0.0950. The van der Waals surface area contributed by atoms with Gasteiger partial charge in [0.25, 0.3) is 0 Å². The van der Waals surface area contributed by atoms with Crippen LogP contribution in [-0.2, 0) is 0 Å². The molecule has 0 radical (unpaired) electrons. The van der Waals surface area contributed by atoms with Crippen LogP contribution in [0.5, 0.6) is 0 Å². The van der Waals surface area contributed by atoms with Crippen molar-refractivity contribution in [2.24, 2.45) is 0 Å². The van der Waals surface area contributed by atoms with Gasteiger partial charge in [-0.05, 0) is 45.3 Å². The van der Waals surface area contributed by atoms with Gasteiger partial charge in [-0.1, -0.05) is 0 Å². The van der Waals surface area contributed by atoms with E-state index in [1.807, 2.05) is 21.0 Å². The van der Waals surface area contributed by atoms with Crippen molar-refractivity contribution in [3.63, 3.8) is 0 Å². The molecule has 0 aliphatic carbocycles. The molecule has 0 spiro atoms. The number of nitrogens with one attached hydrogen (secondary N) is 1. The number of hydrogen-bond donors (Lipinski definition) is 2. The molecule has 3 N–H and O–H groups in total. The number of Topliss-reactive ketones (excluding diaryl/α,β-unsaturated/α-hetero) is 1. The molecule has 1 rings (SSSR count). The van der Waals surface area contributed by atoms with E-state index in [0.717, 1.165) is 13.1 Å². The number of rotatable bonds is 6. The van der Waals surface area contributed by atoms with E-state index in [1.54, 1.807) is 24.3 Å². The summed E-state index contributed by atoms with van der Waals surface area (Å²) in [6, 6.07) is 6.86. The van der Waals surface area contributed by atoms with E-state index >= 15 is 0 Å². The zero-order valence-electron chi connectivity index (χ0n) is 10.7. The maximum atomic E-state index is 12.0. The third kappa shape index (κ3) is 4.54. The number of likely N-dealkylation sites (N-methyl/N-ethyl adjacent to an activating group) is 1. The Hall–Kier alpha value is -1.39. The minimum Gasteiger partial charge on any atom is -0.399 e. The Kier molecular flexibility index (Phi) is 5.12. The van der Waals surface area contributed by atoms with Crippen LogP contribution in [0.1, 0.15) is 17.3 Å². The number of benzene rings is 1. The van der Waals surface area contributed by atoms with Gasteiger partial charge in [0.2, 0.25) is 0 Å². The second kappa shape index (κ2) is 6.37. The van der Waals surface area contributed by atoms with E-state index in [2.05, 4.69) is 10.2 Å². The van der Waals surface area contributed by atoms with Crippen molar-refractivity contribution in [2.45, 2.75) is 13.0 Å². The normalized spacial score (nSPS) is 12.7. The monoisotopic (exact) mass is 235 g/mol. The second-order valence-corrected chi connectivity index (χ2v) is 4.47. The van der Waals surface area contributed by atoms with E-state index in [4.69, 9.17) is 5.73 Å². The summed E-state index contributed by atoms with van der Waals surface area (Å²) in [7, 11) is 4.02. The average molecular weight is 235 g/mol. The van der Waals surface area contributed by atoms with Gasteiger partial charge in [0.15, 0.2) is 5.78 Å². The summed E-state index contributed by atoms with van der Waals surface area (Å²) in [5.41, 5.74) is 6.96. The molecule has 0 aliphatic heterocycles. The topological polar surface area (TPSA) is 58.4 Å². The van der Waals surface area contributed by atoms with Crippen LogP contribution in [0.2, 0.25) is 0 Å². The molecular formula is C13H21N3O. The summed E-state index contributed by atoms with van der Waals surface area (Å²) in [6.07, 6.45) is 0. The van der Waals surface area contributed by atoms with Crippen molar-refractivity contribution in [2.75, 3.05) is 32.9 Å². The highest BCUT2D eigenvalue weighted by Gasteiger charge is 2.13. The van der Waals surface area contributed by atoms with Gasteiger partial charge in [-0.25, -0.2) is 0 Å². The number of anilines is 1. The molecule has 4 heteroatoms. The fourth-order valence-electron chi connectivity index (χ4n) is 1.49. The van der Waals surface area contributed by atoms with Gasteiger partial charge in [0.05, 0.1) is 6.04 Å². The van der Waals surface area contributed by atoms with Gasteiger partial charge in [0.1, 0.15) is 0 Å². The van der Waals surface area contributed by atoms with Crippen LogP contribution in [0.3, 0.4) is 0 Å². The highest BCUT2D eigenvalue weighted by Crippen LogP contribution is 2.07. The van der Waals surface area contributed by atoms with E-state index in [9.17, 15) is 4.79 Å². The molecular weight excluding hydrogens is 214 g/mol. The third-order valence-corrected chi connectivity index (χ3v) is 2.60. The number of carbonyl (C=O) groups excluding carboxylic acids is 1. The molecule has 0 amide bonds. The number of nitrogen functional groups attached to an aromatic ring is 1. The Morgan fingerprint density at radius 1 is 1.35 bits per heavy atom. The van der Waals surface area contributed by atoms with Crippen LogP contribution in [0, 0.1) is 0 Å². The molecule has 0 heterocycles. The molecule has 0 saturated carbocycles. The predicted octanol–water partition coefficient (Wildman–Crippen LogP) is 0.991. The third-order valence-electron chi connectivity index (χ3n) is 2.60. The first kappa shape index (κ1) is 13.7. The number of hydrogen-bond acceptors (Lipinski definition) is 4. The van der Waals surface area contributed by atoms with Crippen molar-refractivity contribution in [1.29, 1.82) is 0 Å². The SMILES string of the molecule is CC(NCCN(C)C)C(=O)c1ccc(N)cc1. The smallest absolute Gasteiger partial charge is 0.179 e. The highest BCUT2D eigenvalue weighted by atomic mass is 16.1. The Morgan fingerprint density at radius 3 is 2.47 bits per heavy atom. The second-order valence-electron chi connectivity index (χ2n) is 4.47. The molecule has 0 aliphatic rings. The van der Waals surface area contributed by atoms with Gasteiger partial charge >= 0.3 is 0 Å². The summed E-state index contributed by atoms with van der Waals surface area (Å²) in [6.45, 7) is 3.60.